The molecule has 1 aliphatic heterocycles. The first-order valence-corrected chi connectivity index (χ1v) is 10.6. The van der Waals surface area contributed by atoms with Crippen LogP contribution in [0.25, 0.3) is 0 Å². The number of pyridine rings is 1. The summed E-state index contributed by atoms with van der Waals surface area (Å²) >= 11 is 0. The van der Waals surface area contributed by atoms with Crippen LogP contribution in [0, 0.1) is 0 Å². The van der Waals surface area contributed by atoms with E-state index in [0.29, 0.717) is 5.56 Å². The molecule has 2 aromatic rings. The van der Waals surface area contributed by atoms with Gasteiger partial charge in [0.15, 0.2) is 9.84 Å². The van der Waals surface area contributed by atoms with Crippen LogP contribution in [0.5, 0.6) is 0 Å². The molecule has 9 heteroatoms. The van der Waals surface area contributed by atoms with Crippen LogP contribution in [0.15, 0.2) is 60.3 Å². The number of aryl methyl sites for hydroxylation is 1. The van der Waals surface area contributed by atoms with Gasteiger partial charge >= 0.3 is 6.18 Å². The zero-order valence-electron chi connectivity index (χ0n) is 15.3. The second-order valence-corrected chi connectivity index (χ2v) is 8.73. The number of nitrogens with zero attached hydrogens (tertiary/aromatic N) is 2. The molecule has 0 aliphatic carbocycles. The number of hydrogen-bond donors (Lipinski definition) is 0. The molecule has 0 radical (unpaired) electrons. The first-order chi connectivity index (χ1) is 13.6. The van der Waals surface area contributed by atoms with E-state index < -0.39 is 27.6 Å². The number of carbonyl (C=O) groups is 1. The lowest BCUT2D eigenvalue weighted by atomic mass is 10.1. The molecule has 0 fully saturated rings. The zero-order valence-corrected chi connectivity index (χ0v) is 16.2. The van der Waals surface area contributed by atoms with Crippen molar-refractivity contribution in [3.63, 3.8) is 0 Å². The predicted molar refractivity (Wildman–Crippen MR) is 101 cm³/mol. The molecule has 0 saturated carbocycles. The van der Waals surface area contributed by atoms with Crippen molar-refractivity contribution in [2.75, 3.05) is 5.75 Å². The van der Waals surface area contributed by atoms with Crippen LogP contribution >= 0.6 is 0 Å². The summed E-state index contributed by atoms with van der Waals surface area (Å²) in [6.07, 6.45) is 0.569. The number of halogens is 3. The van der Waals surface area contributed by atoms with Crippen molar-refractivity contribution in [1.82, 2.24) is 9.88 Å². The summed E-state index contributed by atoms with van der Waals surface area (Å²) in [5, 5.41) is 1.11. The number of benzene rings is 1. The molecule has 1 amide bonds. The van der Waals surface area contributed by atoms with Crippen LogP contribution in [-0.4, -0.2) is 36.0 Å². The average molecular weight is 424 g/mol. The van der Waals surface area contributed by atoms with Crippen molar-refractivity contribution >= 4 is 15.7 Å². The molecular weight excluding hydrogens is 405 g/mol. The standard InChI is InChI=1S/C20H19F3N2O3S/c21-20(22,23)17-4-1-15(2-5-17)3-6-19(26)25(13-16-7-10-24-11-8-16)18-9-12-29(27,28)14-18/h1-2,4-5,7-12,18H,3,6,13-14H2. The minimum atomic E-state index is -4.41. The van der Waals surface area contributed by atoms with Crippen molar-refractivity contribution in [3.05, 3.63) is 77.0 Å². The van der Waals surface area contributed by atoms with Crippen molar-refractivity contribution in [3.8, 4) is 0 Å². The quantitative estimate of drug-likeness (QED) is 0.713. The first-order valence-electron chi connectivity index (χ1n) is 8.89. The molecular formula is C20H19F3N2O3S. The molecule has 0 saturated heterocycles. The number of sulfone groups is 1. The summed E-state index contributed by atoms with van der Waals surface area (Å²) in [4.78, 5) is 18.3. The third kappa shape index (κ3) is 5.66. The summed E-state index contributed by atoms with van der Waals surface area (Å²) in [6.45, 7) is 0.221. The molecule has 3 rings (SSSR count). The number of rotatable bonds is 6. The maximum atomic E-state index is 12.8. The number of hydrogen-bond acceptors (Lipinski definition) is 4. The SMILES string of the molecule is O=C(CCc1ccc(C(F)(F)F)cc1)N(Cc1ccncc1)C1C=CS(=O)(=O)C1. The van der Waals surface area contributed by atoms with Crippen molar-refractivity contribution in [1.29, 1.82) is 0 Å². The van der Waals surface area contributed by atoms with Gasteiger partial charge in [0.2, 0.25) is 5.91 Å². The molecule has 1 atom stereocenters. The summed E-state index contributed by atoms with van der Waals surface area (Å²) in [5.41, 5.74) is 0.665. The topological polar surface area (TPSA) is 67.3 Å². The predicted octanol–water partition coefficient (Wildman–Crippen LogP) is 3.37. The Morgan fingerprint density at radius 3 is 2.28 bits per heavy atom. The first kappa shape index (κ1) is 21.0. The van der Waals surface area contributed by atoms with Crippen LogP contribution < -0.4 is 0 Å². The fraction of sp³-hybridized carbons (Fsp3) is 0.300. The van der Waals surface area contributed by atoms with Crippen LogP contribution in [0.1, 0.15) is 23.1 Å². The minimum Gasteiger partial charge on any atom is -0.331 e. The second kappa shape index (κ2) is 8.36. The highest BCUT2D eigenvalue weighted by atomic mass is 32.2. The van der Waals surface area contributed by atoms with E-state index in [1.807, 2.05) is 0 Å². The Morgan fingerprint density at radius 2 is 1.72 bits per heavy atom. The van der Waals surface area contributed by atoms with E-state index >= 15 is 0 Å². The normalized spacial score (nSPS) is 18.0. The Bertz CT molecular complexity index is 988. The molecule has 29 heavy (non-hydrogen) atoms. The van der Waals surface area contributed by atoms with Gasteiger partial charge in [-0.1, -0.05) is 12.1 Å². The molecule has 1 aliphatic rings. The van der Waals surface area contributed by atoms with E-state index in [1.54, 1.807) is 24.5 Å². The summed E-state index contributed by atoms with van der Waals surface area (Å²) in [7, 11) is -3.35. The third-order valence-corrected chi connectivity index (χ3v) is 6.02. The number of alkyl halides is 3. The van der Waals surface area contributed by atoms with Gasteiger partial charge in [0, 0.05) is 30.8 Å². The Labute approximate surface area is 166 Å². The molecule has 2 heterocycles. The van der Waals surface area contributed by atoms with Crippen LogP contribution in [0.3, 0.4) is 0 Å². The Balaban J connectivity index is 1.70. The second-order valence-electron chi connectivity index (χ2n) is 6.80. The smallest absolute Gasteiger partial charge is 0.331 e. The van der Waals surface area contributed by atoms with Gasteiger partial charge in [0.05, 0.1) is 17.4 Å². The minimum absolute atomic E-state index is 0.0564. The van der Waals surface area contributed by atoms with Crippen LogP contribution in [0.4, 0.5) is 13.2 Å². The molecule has 0 spiro atoms. The monoisotopic (exact) mass is 424 g/mol. The van der Waals surface area contributed by atoms with Gasteiger partial charge < -0.3 is 4.90 Å². The molecule has 1 unspecified atom stereocenters. The van der Waals surface area contributed by atoms with E-state index in [0.717, 1.165) is 23.1 Å². The highest BCUT2D eigenvalue weighted by molar-refractivity contribution is 7.94. The molecule has 0 N–H and O–H groups in total. The van der Waals surface area contributed by atoms with Gasteiger partial charge in [0.1, 0.15) is 0 Å². The number of carbonyl (C=O) groups excluding carboxylic acids is 1. The lowest BCUT2D eigenvalue weighted by Gasteiger charge is -2.28. The lowest BCUT2D eigenvalue weighted by molar-refractivity contribution is -0.137. The van der Waals surface area contributed by atoms with Crippen molar-refractivity contribution in [2.24, 2.45) is 0 Å². The van der Waals surface area contributed by atoms with Crippen LogP contribution in [0.2, 0.25) is 0 Å². The maximum Gasteiger partial charge on any atom is 0.416 e. The largest absolute Gasteiger partial charge is 0.416 e. The molecule has 0 bridgehead atoms. The van der Waals surface area contributed by atoms with E-state index in [4.69, 9.17) is 0 Å². The van der Waals surface area contributed by atoms with Gasteiger partial charge in [0.25, 0.3) is 0 Å². The van der Waals surface area contributed by atoms with Crippen molar-refractivity contribution < 1.29 is 26.4 Å². The molecule has 5 nitrogen and oxygen atoms in total. The fourth-order valence-electron chi connectivity index (χ4n) is 3.08. The Morgan fingerprint density at radius 1 is 1.07 bits per heavy atom. The molecule has 154 valence electrons. The van der Waals surface area contributed by atoms with Crippen LogP contribution in [-0.2, 0) is 33.8 Å². The average Bonchev–Trinajstić information content (AvgIpc) is 3.04. The molecule has 1 aromatic heterocycles. The zero-order chi connectivity index (χ0) is 21.1. The number of amides is 1. The van der Waals surface area contributed by atoms with Gasteiger partial charge in [-0.05, 0) is 47.9 Å². The van der Waals surface area contributed by atoms with E-state index in [2.05, 4.69) is 4.98 Å². The Kier molecular flexibility index (Phi) is 6.07. The van der Waals surface area contributed by atoms with Gasteiger partial charge in [-0.2, -0.15) is 13.2 Å². The molecule has 1 aromatic carbocycles. The fourth-order valence-corrected chi connectivity index (χ4v) is 4.38. The van der Waals surface area contributed by atoms with E-state index in [-0.39, 0.29) is 31.0 Å². The van der Waals surface area contributed by atoms with Crippen molar-refractivity contribution in [2.45, 2.75) is 31.6 Å². The highest BCUT2D eigenvalue weighted by Gasteiger charge is 2.31. The van der Waals surface area contributed by atoms with E-state index in [9.17, 15) is 26.4 Å². The lowest BCUT2D eigenvalue weighted by Crippen LogP contribution is -2.40. The third-order valence-electron chi connectivity index (χ3n) is 4.64. The summed E-state index contributed by atoms with van der Waals surface area (Å²) in [6, 6.07) is 7.58. The number of aromatic nitrogens is 1. The van der Waals surface area contributed by atoms with Gasteiger partial charge in [-0.15, -0.1) is 0 Å². The summed E-state index contributed by atoms with van der Waals surface area (Å²) < 4.78 is 61.6. The summed E-state index contributed by atoms with van der Waals surface area (Å²) in [5.74, 6) is -0.446. The highest BCUT2D eigenvalue weighted by Crippen LogP contribution is 2.29. The Hall–Kier alpha value is -2.68. The van der Waals surface area contributed by atoms with Gasteiger partial charge in [-0.3, -0.25) is 9.78 Å². The van der Waals surface area contributed by atoms with Gasteiger partial charge in [-0.25, -0.2) is 8.42 Å². The van der Waals surface area contributed by atoms with E-state index in [1.165, 1.54) is 23.1 Å². The maximum absolute atomic E-state index is 12.8.